The number of rotatable bonds is 6. The van der Waals surface area contributed by atoms with Crippen LogP contribution in [0, 0.1) is 23.7 Å². The van der Waals surface area contributed by atoms with Crippen molar-refractivity contribution in [3.8, 4) is 0 Å². The fraction of sp³-hybridized carbons (Fsp3) is 0.871. The molecule has 2 saturated heterocycles. The normalized spacial score (nSPS) is 44.9. The summed E-state index contributed by atoms with van der Waals surface area (Å²) in [4.78, 5) is 28.2. The van der Waals surface area contributed by atoms with Crippen LogP contribution in [0.15, 0.2) is 12.2 Å². The predicted octanol–water partition coefficient (Wildman–Crippen LogP) is 2.46. The van der Waals surface area contributed by atoms with E-state index in [4.69, 9.17) is 18.9 Å². The van der Waals surface area contributed by atoms with Crippen molar-refractivity contribution >= 4 is 11.8 Å². The molecule has 3 aliphatic heterocycles. The number of carbonyl (C=O) groups excluding carboxylic acids is 2. The first-order chi connectivity index (χ1) is 19.2. The number of epoxide rings is 1. The van der Waals surface area contributed by atoms with Crippen molar-refractivity contribution in [2.24, 2.45) is 23.7 Å². The van der Waals surface area contributed by atoms with Gasteiger partial charge in [-0.05, 0) is 71.7 Å². The molecule has 2 fully saturated rings. The molecule has 3 rings (SSSR count). The van der Waals surface area contributed by atoms with E-state index in [-0.39, 0.29) is 48.9 Å². The largest absolute Gasteiger partial charge is 0.462 e. The van der Waals surface area contributed by atoms with E-state index in [1.807, 2.05) is 53.6 Å². The van der Waals surface area contributed by atoms with E-state index in [1.165, 1.54) is 0 Å². The summed E-state index contributed by atoms with van der Waals surface area (Å²) in [5.74, 6) is -2.04. The first-order valence-electron chi connectivity index (χ1n) is 15.3. The fourth-order valence-corrected chi connectivity index (χ4v) is 6.59. The second-order valence-corrected chi connectivity index (χ2v) is 13.0. The van der Waals surface area contributed by atoms with Crippen molar-refractivity contribution in [3.63, 3.8) is 0 Å². The van der Waals surface area contributed by atoms with Gasteiger partial charge in [0.25, 0.3) is 0 Å². The Kier molecular flexibility index (Phi) is 12.0. The molecule has 0 aromatic rings. The monoisotopic (exact) mass is 583 g/mol. The highest BCUT2D eigenvalue weighted by Gasteiger charge is 2.55. The number of aliphatic hydroxyl groups excluding tert-OH is 3. The van der Waals surface area contributed by atoms with Gasteiger partial charge in [0.2, 0.25) is 0 Å². The number of allylic oxidation sites excluding steroid dienone is 1. The molecule has 0 aliphatic carbocycles. The SMILES string of the molecule is CCC1OC(=O)CC(O)C(C)C(OC2OC(C)CC(N(C)C)C2O)C(CCO)CC(C)C(=O)C=CC2(C)OC2C1C. The number of cyclic esters (lactones) is 1. The number of hydrogen-bond acceptors (Lipinski definition) is 10. The Hall–Kier alpha value is -1.40. The zero-order valence-electron chi connectivity index (χ0n) is 26.1. The number of carbonyl (C=O) groups is 2. The molecule has 0 saturated carbocycles. The van der Waals surface area contributed by atoms with Crippen LogP contribution in [0.5, 0.6) is 0 Å². The number of ketones is 1. The molecule has 3 aliphatic rings. The highest BCUT2D eigenvalue weighted by atomic mass is 16.7. The third-order valence-electron chi connectivity index (χ3n) is 9.39. The van der Waals surface area contributed by atoms with Gasteiger partial charge in [-0.2, -0.15) is 0 Å². The van der Waals surface area contributed by atoms with E-state index >= 15 is 0 Å². The fourth-order valence-electron chi connectivity index (χ4n) is 6.59. The van der Waals surface area contributed by atoms with Crippen molar-refractivity contribution in [3.05, 3.63) is 12.2 Å². The maximum absolute atomic E-state index is 13.2. The zero-order chi connectivity index (χ0) is 30.6. The molecule has 13 atom stereocenters. The molecule has 3 N–H and O–H groups in total. The van der Waals surface area contributed by atoms with Gasteiger partial charge < -0.3 is 39.2 Å². The predicted molar refractivity (Wildman–Crippen MR) is 153 cm³/mol. The molecule has 10 heteroatoms. The molecule has 0 spiro atoms. The molecule has 13 unspecified atom stereocenters. The number of likely N-dealkylation sites (N-methyl/N-ethyl adjacent to an activating group) is 1. The lowest BCUT2D eigenvalue weighted by molar-refractivity contribution is -0.283. The summed E-state index contributed by atoms with van der Waals surface area (Å²) in [6.45, 7) is 11.2. The van der Waals surface area contributed by atoms with Gasteiger partial charge in [-0.1, -0.05) is 27.7 Å². The highest BCUT2D eigenvalue weighted by Crippen LogP contribution is 2.45. The van der Waals surface area contributed by atoms with E-state index in [0.717, 1.165) is 0 Å². The minimum absolute atomic E-state index is 0.0659. The van der Waals surface area contributed by atoms with Gasteiger partial charge in [0.1, 0.15) is 17.8 Å². The van der Waals surface area contributed by atoms with Crippen molar-refractivity contribution in [1.82, 2.24) is 4.90 Å². The van der Waals surface area contributed by atoms with Crippen LogP contribution in [0.25, 0.3) is 0 Å². The summed E-state index contributed by atoms with van der Waals surface area (Å²) < 4.78 is 24.3. The molecule has 236 valence electrons. The first-order valence-corrected chi connectivity index (χ1v) is 15.3. The van der Waals surface area contributed by atoms with Gasteiger partial charge in [-0.15, -0.1) is 0 Å². The van der Waals surface area contributed by atoms with Crippen LogP contribution in [0.2, 0.25) is 0 Å². The second-order valence-electron chi connectivity index (χ2n) is 13.0. The minimum Gasteiger partial charge on any atom is -0.462 e. The topological polar surface area (TPSA) is 138 Å². The van der Waals surface area contributed by atoms with E-state index in [1.54, 1.807) is 19.1 Å². The van der Waals surface area contributed by atoms with E-state index in [0.29, 0.717) is 25.7 Å². The second kappa shape index (κ2) is 14.4. The molecule has 0 amide bonds. The van der Waals surface area contributed by atoms with E-state index in [9.17, 15) is 24.9 Å². The smallest absolute Gasteiger partial charge is 0.308 e. The average molecular weight is 584 g/mol. The zero-order valence-corrected chi connectivity index (χ0v) is 26.1. The summed E-state index contributed by atoms with van der Waals surface area (Å²) in [5.41, 5.74) is -0.621. The van der Waals surface area contributed by atoms with Crippen LogP contribution >= 0.6 is 0 Å². The number of ether oxygens (including phenoxy) is 4. The molecule has 0 aromatic heterocycles. The summed E-state index contributed by atoms with van der Waals surface area (Å²) in [5, 5.41) is 32.5. The number of aliphatic hydroxyl groups is 3. The van der Waals surface area contributed by atoms with Crippen LogP contribution in [0.3, 0.4) is 0 Å². The lowest BCUT2D eigenvalue weighted by Gasteiger charge is -2.44. The lowest BCUT2D eigenvalue weighted by Crippen LogP contribution is -2.56. The lowest BCUT2D eigenvalue weighted by atomic mass is 9.79. The standard InChI is InChI=1S/C31H53NO9/c1-9-25-20(5)29-31(6,41-29)12-10-23(34)17(2)14-21(11-13-33)28(19(4)24(35)16-26(36)39-25)40-30-27(37)22(32(7)8)15-18(3)38-30/h10,12,17-22,24-25,27-30,33,35,37H,9,11,13-16H2,1-8H3. The molecule has 0 radical (unpaired) electrons. The Labute approximate surface area is 245 Å². The minimum atomic E-state index is -1.12. The Morgan fingerprint density at radius 2 is 1.78 bits per heavy atom. The number of esters is 1. The maximum atomic E-state index is 13.2. The van der Waals surface area contributed by atoms with Crippen LogP contribution < -0.4 is 0 Å². The van der Waals surface area contributed by atoms with E-state index < -0.39 is 54.1 Å². The van der Waals surface area contributed by atoms with Gasteiger partial charge in [0.15, 0.2) is 12.1 Å². The summed E-state index contributed by atoms with van der Waals surface area (Å²) in [6, 6.07) is -0.199. The molecular weight excluding hydrogens is 530 g/mol. The van der Waals surface area contributed by atoms with Crippen molar-refractivity contribution in [1.29, 1.82) is 0 Å². The Bertz CT molecular complexity index is 912. The Balaban J connectivity index is 1.95. The van der Waals surface area contributed by atoms with Gasteiger partial charge in [0, 0.05) is 30.4 Å². The third-order valence-corrected chi connectivity index (χ3v) is 9.39. The van der Waals surface area contributed by atoms with E-state index in [2.05, 4.69) is 0 Å². The van der Waals surface area contributed by atoms with Crippen LogP contribution in [-0.4, -0.2) is 107 Å². The summed E-state index contributed by atoms with van der Waals surface area (Å²) in [7, 11) is 3.78. The number of hydrogen-bond donors (Lipinski definition) is 3. The molecule has 0 bridgehead atoms. The third kappa shape index (κ3) is 8.37. The average Bonchev–Trinajstić information content (AvgIpc) is 3.60. The summed E-state index contributed by atoms with van der Waals surface area (Å²) >= 11 is 0. The molecule has 10 nitrogen and oxygen atoms in total. The van der Waals surface area contributed by atoms with Crippen molar-refractivity contribution in [2.75, 3.05) is 20.7 Å². The highest BCUT2D eigenvalue weighted by molar-refractivity contribution is 5.91. The molecule has 3 heterocycles. The maximum Gasteiger partial charge on any atom is 0.308 e. The quantitative estimate of drug-likeness (QED) is 0.316. The summed E-state index contributed by atoms with van der Waals surface area (Å²) in [6.07, 6.45) is 0.468. The number of nitrogens with zero attached hydrogens (tertiary/aromatic N) is 1. The van der Waals surface area contributed by atoms with Crippen LogP contribution in [-0.2, 0) is 28.5 Å². The van der Waals surface area contributed by atoms with Gasteiger partial charge in [-0.25, -0.2) is 0 Å². The van der Waals surface area contributed by atoms with Gasteiger partial charge >= 0.3 is 5.97 Å². The van der Waals surface area contributed by atoms with Crippen LogP contribution in [0.4, 0.5) is 0 Å². The Morgan fingerprint density at radius 1 is 1.10 bits per heavy atom. The number of fused-ring (bicyclic) bond motifs is 1. The van der Waals surface area contributed by atoms with Crippen molar-refractivity contribution < 1.29 is 43.9 Å². The van der Waals surface area contributed by atoms with Crippen LogP contribution in [0.1, 0.15) is 73.6 Å². The molecule has 0 aromatic carbocycles. The van der Waals surface area contributed by atoms with Crippen molar-refractivity contribution in [2.45, 2.75) is 128 Å². The van der Waals surface area contributed by atoms with Gasteiger partial charge in [0.05, 0.1) is 30.8 Å². The molecule has 41 heavy (non-hydrogen) atoms. The molecular formula is C31H53NO9. The first kappa shape index (κ1) is 34.1. The van der Waals surface area contributed by atoms with Gasteiger partial charge in [-0.3, -0.25) is 9.59 Å². The Morgan fingerprint density at radius 3 is 2.39 bits per heavy atom.